The molecule has 3 saturated heterocycles. The number of morpholine rings is 3. The van der Waals surface area contributed by atoms with Crippen molar-refractivity contribution < 1.29 is 23.7 Å². The first-order valence-corrected chi connectivity index (χ1v) is 25.0. The van der Waals surface area contributed by atoms with Gasteiger partial charge in [-0.05, 0) is 86.9 Å². The van der Waals surface area contributed by atoms with Crippen LogP contribution in [0.4, 0.5) is 34.6 Å². The van der Waals surface area contributed by atoms with Crippen molar-refractivity contribution in [1.29, 1.82) is 0 Å². The highest BCUT2D eigenvalue weighted by atomic mass is 16.5. The Labute approximate surface area is 426 Å². The number of para-hydroxylation sites is 2. The number of aromatic nitrogens is 6. The van der Waals surface area contributed by atoms with E-state index >= 15 is 0 Å². The van der Waals surface area contributed by atoms with Gasteiger partial charge in [0.2, 0.25) is 11.9 Å². The first-order chi connectivity index (χ1) is 36.0. The third kappa shape index (κ3) is 13.1. The molecular weight excluding hydrogens is 921 g/mol. The van der Waals surface area contributed by atoms with E-state index in [2.05, 4.69) is 98.7 Å². The molecule has 376 valence electrons. The van der Waals surface area contributed by atoms with E-state index in [1.165, 1.54) is 11.4 Å². The molecule has 0 unspecified atom stereocenters. The van der Waals surface area contributed by atoms with Crippen molar-refractivity contribution in [2.45, 2.75) is 0 Å². The Morgan fingerprint density at radius 2 is 0.945 bits per heavy atom. The number of nitrogens with zero attached hydrogens (tertiary/aromatic N) is 10. The molecule has 0 spiro atoms. The lowest BCUT2D eigenvalue weighted by Gasteiger charge is -2.28. The molecule has 0 saturated carbocycles. The lowest BCUT2D eigenvalue weighted by Crippen LogP contribution is -2.38. The van der Waals surface area contributed by atoms with Crippen LogP contribution in [0.15, 0.2) is 134 Å². The predicted molar refractivity (Wildman–Crippen MR) is 288 cm³/mol. The van der Waals surface area contributed by atoms with E-state index in [9.17, 15) is 0 Å². The monoisotopic (exact) mass is 982 g/mol. The smallest absolute Gasteiger partial charge is 0.227 e. The number of hydrogen-bond donors (Lipinski definition) is 2. The van der Waals surface area contributed by atoms with Gasteiger partial charge in [-0.25, -0.2) is 19.9 Å². The third-order valence-electron chi connectivity index (χ3n) is 12.8. The van der Waals surface area contributed by atoms with Crippen molar-refractivity contribution in [3.05, 3.63) is 134 Å². The molecule has 11 rings (SSSR count). The average molecular weight is 983 g/mol. The van der Waals surface area contributed by atoms with Crippen LogP contribution in [-0.2, 0) is 14.2 Å². The van der Waals surface area contributed by atoms with Gasteiger partial charge >= 0.3 is 0 Å². The molecule has 8 aromatic rings. The van der Waals surface area contributed by atoms with Gasteiger partial charge in [0.15, 0.2) is 0 Å². The van der Waals surface area contributed by atoms with Crippen molar-refractivity contribution in [3.63, 3.8) is 0 Å². The number of fused-ring (bicyclic) bond motifs is 2. The third-order valence-corrected chi connectivity index (χ3v) is 12.8. The maximum Gasteiger partial charge on any atom is 0.227 e. The van der Waals surface area contributed by atoms with E-state index in [1.807, 2.05) is 87.2 Å². The fourth-order valence-electron chi connectivity index (χ4n) is 8.77. The highest BCUT2D eigenvalue weighted by molar-refractivity contribution is 5.94. The lowest BCUT2D eigenvalue weighted by atomic mass is 10.1. The zero-order valence-electron chi connectivity index (χ0n) is 41.5. The van der Waals surface area contributed by atoms with Gasteiger partial charge in [0, 0.05) is 109 Å². The summed E-state index contributed by atoms with van der Waals surface area (Å²) < 4.78 is 28.0. The summed E-state index contributed by atoms with van der Waals surface area (Å²) >= 11 is 0. The van der Waals surface area contributed by atoms with E-state index in [-0.39, 0.29) is 0 Å². The zero-order chi connectivity index (χ0) is 49.6. The van der Waals surface area contributed by atoms with Gasteiger partial charge in [0.05, 0.1) is 74.5 Å². The standard InChI is InChI=1S/C29H32N6O3.C27H30N6O2/c1-2-22-20-31-29(32-23-4-6-24(7-5-23)35-13-17-37-18-14-35)33-28(22)26(3-1)27-9-8-25(21-30-27)38-19-12-34-10-15-36-16-11-34;1-32(2)12-17-35-23-10-11-25(28-19-23)24-5-3-4-20-18-29-27(31-26(20)24)30-21-6-8-22(9-7-21)33-13-15-34-16-14-33/h1-9,20-21H,10-19H2,(H,31,32,33);3-11,18-19H,12-17H2,1-2H3,(H,29,30,31). The Balaban J connectivity index is 0.000000168. The molecule has 4 aromatic carbocycles. The SMILES string of the molecule is CN(C)CCOc1ccc(-c2cccc3cnc(Nc4ccc(N5CCOCC5)cc4)nc23)nc1.c1cc(-c2ccc(OCCN3CCOCC3)cn2)c2nc(Nc3ccc(N4CCOCC4)cc3)ncc2c1. The number of pyridine rings is 2. The van der Waals surface area contributed by atoms with Crippen LogP contribution in [0.2, 0.25) is 0 Å². The number of rotatable bonds is 16. The highest BCUT2D eigenvalue weighted by Gasteiger charge is 2.16. The van der Waals surface area contributed by atoms with Gasteiger partial charge in [-0.15, -0.1) is 0 Å². The Hall–Kier alpha value is -7.54. The number of hydrogen-bond acceptors (Lipinski definition) is 17. The second-order valence-electron chi connectivity index (χ2n) is 18.1. The lowest BCUT2D eigenvalue weighted by molar-refractivity contribution is 0.0322. The Morgan fingerprint density at radius 1 is 0.493 bits per heavy atom. The van der Waals surface area contributed by atoms with Crippen LogP contribution < -0.4 is 29.9 Å². The second-order valence-corrected chi connectivity index (χ2v) is 18.1. The van der Waals surface area contributed by atoms with Crippen LogP contribution in [-0.4, -0.2) is 159 Å². The van der Waals surface area contributed by atoms with E-state index in [1.54, 1.807) is 12.4 Å². The molecule has 0 atom stereocenters. The summed E-state index contributed by atoms with van der Waals surface area (Å²) in [6, 6.07) is 36.7. The second kappa shape index (κ2) is 24.3. The van der Waals surface area contributed by atoms with E-state index < -0.39 is 0 Å². The molecule has 73 heavy (non-hydrogen) atoms. The number of likely N-dealkylation sites (N-methyl/N-ethyl adjacent to an activating group) is 1. The van der Waals surface area contributed by atoms with Crippen LogP contribution in [0.1, 0.15) is 0 Å². The van der Waals surface area contributed by atoms with Gasteiger partial charge in [0.25, 0.3) is 0 Å². The maximum absolute atomic E-state index is 5.93. The normalized spacial score (nSPS) is 15.2. The molecule has 3 aliphatic rings. The maximum atomic E-state index is 5.93. The summed E-state index contributed by atoms with van der Waals surface area (Å²) in [7, 11) is 4.05. The minimum absolute atomic E-state index is 0.548. The van der Waals surface area contributed by atoms with Crippen molar-refractivity contribution in [2.24, 2.45) is 0 Å². The van der Waals surface area contributed by atoms with E-state index in [4.69, 9.17) is 33.7 Å². The average Bonchev–Trinajstić information content (AvgIpc) is 3.44. The predicted octanol–water partition coefficient (Wildman–Crippen LogP) is 8.20. The molecule has 3 fully saturated rings. The summed E-state index contributed by atoms with van der Waals surface area (Å²) in [6.45, 7) is 13.3. The Bertz CT molecular complexity index is 3000. The molecule has 0 radical (unpaired) electrons. The zero-order valence-corrected chi connectivity index (χ0v) is 41.5. The molecule has 0 aliphatic carbocycles. The van der Waals surface area contributed by atoms with Crippen LogP contribution in [0.5, 0.6) is 11.5 Å². The number of nitrogens with one attached hydrogen (secondary N) is 2. The van der Waals surface area contributed by atoms with Crippen LogP contribution in [0.25, 0.3) is 44.3 Å². The van der Waals surface area contributed by atoms with E-state index in [0.29, 0.717) is 25.1 Å². The number of benzene rings is 4. The molecule has 4 aromatic heterocycles. The largest absolute Gasteiger partial charge is 0.491 e. The van der Waals surface area contributed by atoms with Gasteiger partial charge in [-0.1, -0.05) is 36.4 Å². The first-order valence-electron chi connectivity index (χ1n) is 25.0. The topological polar surface area (TPSA) is 161 Å². The summed E-state index contributed by atoms with van der Waals surface area (Å²) in [5.74, 6) is 2.62. The minimum Gasteiger partial charge on any atom is -0.491 e. The van der Waals surface area contributed by atoms with Crippen LogP contribution >= 0.6 is 0 Å². The summed E-state index contributed by atoms with van der Waals surface area (Å²) in [5.41, 5.74) is 9.57. The molecule has 0 amide bonds. The minimum atomic E-state index is 0.548. The summed E-state index contributed by atoms with van der Waals surface area (Å²) in [4.78, 5) is 37.1. The number of ether oxygens (including phenoxy) is 5. The van der Waals surface area contributed by atoms with Crippen molar-refractivity contribution in [1.82, 2.24) is 39.7 Å². The van der Waals surface area contributed by atoms with Gasteiger partial charge in [0.1, 0.15) is 24.7 Å². The van der Waals surface area contributed by atoms with Crippen molar-refractivity contribution >= 4 is 56.5 Å². The molecule has 17 heteroatoms. The fourth-order valence-corrected chi connectivity index (χ4v) is 8.77. The molecule has 0 bridgehead atoms. The molecule has 7 heterocycles. The van der Waals surface area contributed by atoms with Crippen molar-refractivity contribution in [3.8, 4) is 34.0 Å². The Kier molecular flexibility index (Phi) is 16.3. The molecule has 3 aliphatic heterocycles. The van der Waals surface area contributed by atoms with Crippen LogP contribution in [0, 0.1) is 0 Å². The summed E-state index contributed by atoms with van der Waals surface area (Å²) in [5, 5.41) is 8.61. The van der Waals surface area contributed by atoms with Crippen molar-refractivity contribution in [2.75, 3.05) is 140 Å². The quantitative estimate of drug-likeness (QED) is 0.0953. The molecule has 2 N–H and O–H groups in total. The van der Waals surface area contributed by atoms with E-state index in [0.717, 1.165) is 159 Å². The van der Waals surface area contributed by atoms with Gasteiger partial charge in [-0.3, -0.25) is 14.9 Å². The molecule has 17 nitrogen and oxygen atoms in total. The van der Waals surface area contributed by atoms with Crippen LogP contribution in [0.3, 0.4) is 0 Å². The molecular formula is C56H62N12O5. The Morgan fingerprint density at radius 3 is 1.38 bits per heavy atom. The fraction of sp³-hybridized carbons (Fsp3) is 0.321. The first kappa shape index (κ1) is 49.1. The number of anilines is 6. The summed E-state index contributed by atoms with van der Waals surface area (Å²) in [6.07, 6.45) is 7.23. The highest BCUT2D eigenvalue weighted by Crippen LogP contribution is 2.31. The van der Waals surface area contributed by atoms with Gasteiger partial charge in [-0.2, -0.15) is 0 Å². The van der Waals surface area contributed by atoms with Gasteiger partial charge < -0.3 is 49.0 Å².